The van der Waals surface area contributed by atoms with Crippen molar-refractivity contribution in [3.8, 4) is 0 Å². The Hall–Kier alpha value is -2.18. The van der Waals surface area contributed by atoms with E-state index in [1.807, 2.05) is 42.5 Å². The molecule has 6 nitrogen and oxygen atoms in total. The second kappa shape index (κ2) is 6.41. The highest BCUT2D eigenvalue weighted by molar-refractivity contribution is 6.03. The number of carbonyl (C=O) groups excluding carboxylic acids is 2. The Morgan fingerprint density at radius 2 is 1.80 bits per heavy atom. The van der Waals surface area contributed by atoms with Crippen molar-refractivity contribution < 1.29 is 14.3 Å². The molecular weight excluding hydrogens is 378 g/mol. The van der Waals surface area contributed by atoms with Crippen molar-refractivity contribution >= 4 is 17.5 Å². The number of anilines is 1. The summed E-state index contributed by atoms with van der Waals surface area (Å²) < 4.78 is 6.26. The Kier molecular flexibility index (Phi) is 4.22. The highest BCUT2D eigenvalue weighted by Gasteiger charge is 2.67. The maximum absolute atomic E-state index is 13.4. The van der Waals surface area contributed by atoms with Gasteiger partial charge in [-0.25, -0.2) is 0 Å². The van der Waals surface area contributed by atoms with E-state index in [1.54, 1.807) is 4.90 Å². The molecule has 2 N–H and O–H groups in total. The summed E-state index contributed by atoms with van der Waals surface area (Å²) in [6.07, 6.45) is 5.37. The van der Waals surface area contributed by atoms with Crippen LogP contribution in [0.15, 0.2) is 42.5 Å². The first-order valence-corrected chi connectivity index (χ1v) is 10.9. The van der Waals surface area contributed by atoms with Gasteiger partial charge in [-0.3, -0.25) is 9.59 Å². The van der Waals surface area contributed by atoms with Crippen LogP contribution in [0.1, 0.15) is 40.5 Å². The molecule has 1 spiro atoms. The first-order valence-electron chi connectivity index (χ1n) is 10.9. The lowest BCUT2D eigenvalue weighted by molar-refractivity contribution is -0.132. The number of benzene rings is 1. The van der Waals surface area contributed by atoms with Crippen molar-refractivity contribution in [2.24, 2.45) is 11.8 Å². The first-order chi connectivity index (χ1) is 14.1. The summed E-state index contributed by atoms with van der Waals surface area (Å²) in [6, 6.07) is 9.72. The number of nitrogens with one attached hydrogen (secondary N) is 2. The third-order valence-corrected chi connectivity index (χ3v) is 7.01. The highest BCUT2D eigenvalue weighted by Crippen LogP contribution is 2.52. The Morgan fingerprint density at radius 1 is 1.13 bits per heavy atom. The van der Waals surface area contributed by atoms with Crippen LogP contribution in [0.4, 0.5) is 5.69 Å². The molecule has 0 unspecified atom stereocenters. The van der Waals surface area contributed by atoms with Gasteiger partial charge in [0.1, 0.15) is 5.60 Å². The van der Waals surface area contributed by atoms with Gasteiger partial charge in [-0.2, -0.15) is 0 Å². The number of amides is 2. The number of ether oxygens (including phenoxy) is 1. The maximum Gasteiger partial charge on any atom is 0.234 e. The number of nitrogens with zero attached hydrogens (tertiary/aromatic N) is 1. The lowest BCUT2D eigenvalue weighted by Crippen LogP contribution is -2.62. The van der Waals surface area contributed by atoms with Crippen LogP contribution >= 0.6 is 0 Å². The molecule has 5 rings (SSSR count). The zero-order valence-electron chi connectivity index (χ0n) is 18.1. The van der Waals surface area contributed by atoms with E-state index in [1.165, 1.54) is 0 Å². The zero-order chi connectivity index (χ0) is 21.3. The highest BCUT2D eigenvalue weighted by atomic mass is 16.5. The molecule has 3 saturated heterocycles. The average Bonchev–Trinajstić information content (AvgIpc) is 3.28. The monoisotopic (exact) mass is 409 g/mol. The lowest BCUT2D eigenvalue weighted by atomic mass is 9.75. The van der Waals surface area contributed by atoms with Gasteiger partial charge >= 0.3 is 0 Å². The molecular formula is C24H31N3O3. The van der Waals surface area contributed by atoms with Crippen molar-refractivity contribution in [2.45, 2.75) is 69.4 Å². The van der Waals surface area contributed by atoms with Gasteiger partial charge in [0.15, 0.2) is 0 Å². The minimum Gasteiger partial charge on any atom is -0.360 e. The van der Waals surface area contributed by atoms with Crippen LogP contribution in [0.5, 0.6) is 0 Å². The molecule has 1 aromatic rings. The number of carbonyl (C=O) groups is 2. The van der Waals surface area contributed by atoms with Gasteiger partial charge in [-0.15, -0.1) is 0 Å². The second-order valence-electron chi connectivity index (χ2n) is 10.7. The Labute approximate surface area is 178 Å². The van der Waals surface area contributed by atoms with Crippen molar-refractivity contribution in [3.05, 3.63) is 42.5 Å². The number of para-hydroxylation sites is 1. The van der Waals surface area contributed by atoms with E-state index in [2.05, 4.69) is 38.3 Å². The molecule has 4 atom stereocenters. The quantitative estimate of drug-likeness (QED) is 0.752. The fourth-order valence-corrected chi connectivity index (χ4v) is 6.35. The third-order valence-electron chi connectivity index (χ3n) is 7.01. The minimum atomic E-state index is -0.688. The van der Waals surface area contributed by atoms with E-state index in [-0.39, 0.29) is 35.0 Å². The molecule has 4 aliphatic rings. The predicted molar refractivity (Wildman–Crippen MR) is 115 cm³/mol. The third kappa shape index (κ3) is 3.08. The summed E-state index contributed by atoms with van der Waals surface area (Å²) in [7, 11) is 0. The molecule has 6 heteroatoms. The van der Waals surface area contributed by atoms with Crippen molar-refractivity contribution in [1.29, 1.82) is 0 Å². The molecule has 0 radical (unpaired) electrons. The lowest BCUT2D eigenvalue weighted by Gasteiger charge is -2.47. The number of piperidine rings is 1. The van der Waals surface area contributed by atoms with E-state index in [0.29, 0.717) is 6.54 Å². The van der Waals surface area contributed by atoms with Gasteiger partial charge in [-0.1, -0.05) is 30.4 Å². The molecule has 0 saturated carbocycles. The minimum absolute atomic E-state index is 0.0147. The fourth-order valence-electron chi connectivity index (χ4n) is 6.35. The van der Waals surface area contributed by atoms with E-state index in [4.69, 9.17) is 4.74 Å². The molecule has 0 aromatic heterocycles. The van der Waals surface area contributed by atoms with Crippen LogP contribution in [0.25, 0.3) is 0 Å². The molecule has 4 aliphatic heterocycles. The topological polar surface area (TPSA) is 70.7 Å². The van der Waals surface area contributed by atoms with Crippen molar-refractivity contribution in [1.82, 2.24) is 10.6 Å². The van der Waals surface area contributed by atoms with E-state index in [9.17, 15) is 9.59 Å². The van der Waals surface area contributed by atoms with Crippen LogP contribution < -0.4 is 15.5 Å². The van der Waals surface area contributed by atoms with Gasteiger partial charge in [-0.05, 0) is 52.7 Å². The first kappa shape index (κ1) is 19.8. The van der Waals surface area contributed by atoms with E-state index >= 15 is 0 Å². The summed E-state index contributed by atoms with van der Waals surface area (Å²) >= 11 is 0. The predicted octanol–water partition coefficient (Wildman–Crippen LogP) is 2.40. The summed E-state index contributed by atoms with van der Waals surface area (Å²) in [5, 5.41) is 6.93. The summed E-state index contributed by atoms with van der Waals surface area (Å²) in [6.45, 7) is 9.14. The molecule has 3 fully saturated rings. The normalized spacial score (nSPS) is 36.2. The Balaban J connectivity index is 1.37. The number of fused-ring (bicyclic) bond motifs is 1. The van der Waals surface area contributed by atoms with E-state index in [0.717, 1.165) is 18.5 Å². The number of hydrogen-bond acceptors (Lipinski definition) is 4. The molecule has 160 valence electrons. The maximum atomic E-state index is 13.4. The molecule has 2 bridgehead atoms. The van der Waals surface area contributed by atoms with Gasteiger partial charge < -0.3 is 20.3 Å². The van der Waals surface area contributed by atoms with Crippen LogP contribution in [-0.4, -0.2) is 47.2 Å². The molecule has 0 aliphatic carbocycles. The van der Waals surface area contributed by atoms with Crippen molar-refractivity contribution in [2.75, 3.05) is 11.4 Å². The van der Waals surface area contributed by atoms with Crippen LogP contribution in [0.3, 0.4) is 0 Å². The van der Waals surface area contributed by atoms with Crippen LogP contribution in [0.2, 0.25) is 0 Å². The van der Waals surface area contributed by atoms with E-state index < -0.39 is 17.4 Å². The van der Waals surface area contributed by atoms with Crippen LogP contribution in [-0.2, 0) is 14.3 Å². The summed E-state index contributed by atoms with van der Waals surface area (Å²) in [5.41, 5.74) is 0.0536. The smallest absolute Gasteiger partial charge is 0.234 e. The largest absolute Gasteiger partial charge is 0.360 e. The van der Waals surface area contributed by atoms with Gasteiger partial charge in [0.05, 0.1) is 24.5 Å². The molecule has 4 heterocycles. The SMILES string of the molecule is CC1(C)CC(NC(=O)[C@H]2[C@H]3C=C[C@@]4(CN(c5ccccc5)C(=O)[C@@H]24)O3)CC(C)(C)N1. The average molecular weight is 410 g/mol. The number of hydrogen-bond donors (Lipinski definition) is 2. The van der Waals surface area contributed by atoms with Crippen molar-refractivity contribution in [3.63, 3.8) is 0 Å². The van der Waals surface area contributed by atoms with Gasteiger partial charge in [0, 0.05) is 22.8 Å². The standard InChI is InChI=1S/C24H31N3O3/c1-22(2)12-15(13-23(3,4)26-22)25-20(28)18-17-10-11-24(30-17)14-27(21(29)19(18)24)16-8-6-5-7-9-16/h5-11,15,17-19,26H,12-14H2,1-4H3,(H,25,28)/t17-,18+,19-,24+/m1/s1. The molecule has 30 heavy (non-hydrogen) atoms. The molecule has 1 aromatic carbocycles. The molecule has 2 amide bonds. The van der Waals surface area contributed by atoms with Gasteiger partial charge in [0.2, 0.25) is 11.8 Å². The Bertz CT molecular complexity index is 894. The zero-order valence-corrected chi connectivity index (χ0v) is 18.1. The second-order valence-corrected chi connectivity index (χ2v) is 10.7. The van der Waals surface area contributed by atoms with Gasteiger partial charge in [0.25, 0.3) is 0 Å². The fraction of sp³-hybridized carbons (Fsp3) is 0.583. The summed E-state index contributed by atoms with van der Waals surface area (Å²) in [4.78, 5) is 28.6. The Morgan fingerprint density at radius 3 is 2.47 bits per heavy atom. The van der Waals surface area contributed by atoms with Crippen LogP contribution in [0, 0.1) is 11.8 Å². The number of rotatable bonds is 3. The summed E-state index contributed by atoms with van der Waals surface area (Å²) in [5.74, 6) is -1.01.